The first-order valence-corrected chi connectivity index (χ1v) is 9.50. The van der Waals surface area contributed by atoms with Crippen LogP contribution in [0.25, 0.3) is 11.6 Å². The van der Waals surface area contributed by atoms with Gasteiger partial charge in [-0.15, -0.1) is 0 Å². The summed E-state index contributed by atoms with van der Waals surface area (Å²) in [6.07, 6.45) is 6.78. The minimum absolute atomic E-state index is 0.0762. The largest absolute Gasteiger partial charge is 0.497 e. The Hall–Kier alpha value is -2.36. The molecular formula is C24H29NO2. The van der Waals surface area contributed by atoms with Crippen LogP contribution in [-0.2, 0) is 6.61 Å². The van der Waals surface area contributed by atoms with Crippen LogP contribution in [0.3, 0.4) is 0 Å². The molecule has 1 N–H and O–H groups in total. The lowest BCUT2D eigenvalue weighted by Gasteiger charge is -2.29. The van der Waals surface area contributed by atoms with Crippen molar-refractivity contribution in [1.29, 1.82) is 0 Å². The molecule has 0 bridgehead atoms. The van der Waals surface area contributed by atoms with E-state index in [0.29, 0.717) is 5.92 Å². The van der Waals surface area contributed by atoms with Gasteiger partial charge in [0.15, 0.2) is 0 Å². The van der Waals surface area contributed by atoms with Crippen LogP contribution in [0.4, 0.5) is 0 Å². The molecule has 0 saturated carbocycles. The highest BCUT2D eigenvalue weighted by Crippen LogP contribution is 2.37. The molecule has 0 aromatic heterocycles. The molecule has 142 valence electrons. The zero-order valence-electron chi connectivity index (χ0n) is 16.5. The maximum Gasteiger partial charge on any atom is 0.119 e. The highest BCUT2D eigenvalue weighted by atomic mass is 16.5. The SMILES string of the molecule is COc1cccc(C2=C/C(=C\c3cccc(CO)c3)CC[C@@H]2CN(C)C)c1. The molecule has 2 aromatic carbocycles. The summed E-state index contributed by atoms with van der Waals surface area (Å²) in [7, 11) is 5.98. The van der Waals surface area contributed by atoms with Gasteiger partial charge in [-0.2, -0.15) is 0 Å². The normalized spacial score (nSPS) is 18.6. The molecular weight excluding hydrogens is 334 g/mol. The molecule has 0 amide bonds. The monoisotopic (exact) mass is 363 g/mol. The van der Waals surface area contributed by atoms with Crippen LogP contribution in [0, 0.1) is 5.92 Å². The third-order valence-corrected chi connectivity index (χ3v) is 5.04. The molecule has 3 rings (SSSR count). The van der Waals surface area contributed by atoms with Crippen molar-refractivity contribution in [3.63, 3.8) is 0 Å². The number of ether oxygens (including phenoxy) is 1. The first kappa shape index (κ1) is 19.4. The third-order valence-electron chi connectivity index (χ3n) is 5.04. The minimum Gasteiger partial charge on any atom is -0.497 e. The second kappa shape index (κ2) is 9.03. The molecule has 3 nitrogen and oxygen atoms in total. The van der Waals surface area contributed by atoms with Gasteiger partial charge < -0.3 is 14.7 Å². The number of hydrogen-bond donors (Lipinski definition) is 1. The molecule has 1 aliphatic rings. The average molecular weight is 364 g/mol. The molecule has 0 saturated heterocycles. The van der Waals surface area contributed by atoms with Crippen LogP contribution >= 0.6 is 0 Å². The van der Waals surface area contributed by atoms with E-state index in [-0.39, 0.29) is 6.61 Å². The fourth-order valence-electron chi connectivity index (χ4n) is 3.75. The smallest absolute Gasteiger partial charge is 0.119 e. The Morgan fingerprint density at radius 3 is 2.70 bits per heavy atom. The standard InChI is InChI=1S/C24H29NO2/c1-25(2)16-22-11-10-19(12-18-6-4-7-20(13-18)17-26)14-24(22)21-8-5-9-23(15-21)27-3/h4-9,12-15,22,26H,10-11,16-17H2,1-3H3/b19-12-/t22-/m1/s1. The van der Waals surface area contributed by atoms with Crippen molar-refractivity contribution in [2.24, 2.45) is 5.92 Å². The molecule has 0 fully saturated rings. The van der Waals surface area contributed by atoms with Gasteiger partial charge in [0.2, 0.25) is 0 Å². The Balaban J connectivity index is 1.98. The highest BCUT2D eigenvalue weighted by Gasteiger charge is 2.22. The molecule has 1 aliphatic carbocycles. The Kier molecular flexibility index (Phi) is 6.49. The van der Waals surface area contributed by atoms with Crippen molar-refractivity contribution in [3.05, 3.63) is 76.9 Å². The van der Waals surface area contributed by atoms with Crippen LogP contribution in [0.5, 0.6) is 5.75 Å². The lowest BCUT2D eigenvalue weighted by Crippen LogP contribution is -2.24. The van der Waals surface area contributed by atoms with Gasteiger partial charge in [0.05, 0.1) is 13.7 Å². The number of aliphatic hydroxyl groups is 1. The Morgan fingerprint density at radius 1 is 1.15 bits per heavy atom. The molecule has 3 heteroatoms. The summed E-state index contributed by atoms with van der Waals surface area (Å²) in [4.78, 5) is 2.26. The Labute approximate surface area is 162 Å². The number of methoxy groups -OCH3 is 1. The number of nitrogens with zero attached hydrogens (tertiary/aromatic N) is 1. The lowest BCUT2D eigenvalue weighted by atomic mass is 9.81. The minimum atomic E-state index is 0.0762. The van der Waals surface area contributed by atoms with E-state index < -0.39 is 0 Å². The van der Waals surface area contributed by atoms with E-state index in [0.717, 1.165) is 36.3 Å². The van der Waals surface area contributed by atoms with Gasteiger partial charge in [0, 0.05) is 6.54 Å². The summed E-state index contributed by atoms with van der Waals surface area (Å²) in [5.41, 5.74) is 6.03. The van der Waals surface area contributed by atoms with Crippen molar-refractivity contribution >= 4 is 11.6 Å². The van der Waals surface area contributed by atoms with E-state index in [9.17, 15) is 5.11 Å². The van der Waals surface area contributed by atoms with Crippen LogP contribution < -0.4 is 4.74 Å². The van der Waals surface area contributed by atoms with E-state index in [4.69, 9.17) is 4.74 Å². The quantitative estimate of drug-likeness (QED) is 0.812. The zero-order chi connectivity index (χ0) is 19.2. The highest BCUT2D eigenvalue weighted by molar-refractivity contribution is 5.75. The van der Waals surface area contributed by atoms with Crippen LogP contribution in [0.2, 0.25) is 0 Å². The molecule has 2 aromatic rings. The molecule has 0 aliphatic heterocycles. The van der Waals surface area contributed by atoms with Gasteiger partial charge in [-0.1, -0.05) is 42.5 Å². The van der Waals surface area contributed by atoms with Crippen LogP contribution in [0.1, 0.15) is 29.5 Å². The molecule has 27 heavy (non-hydrogen) atoms. The summed E-state index contributed by atoms with van der Waals surface area (Å²) in [5, 5.41) is 9.38. The third kappa shape index (κ3) is 5.09. The van der Waals surface area contributed by atoms with E-state index in [1.807, 2.05) is 18.2 Å². The summed E-state index contributed by atoms with van der Waals surface area (Å²) in [6, 6.07) is 16.5. The number of benzene rings is 2. The van der Waals surface area contributed by atoms with Crippen molar-refractivity contribution in [2.45, 2.75) is 19.4 Å². The maximum absolute atomic E-state index is 9.38. The van der Waals surface area contributed by atoms with Gasteiger partial charge in [0.1, 0.15) is 5.75 Å². The molecule has 0 radical (unpaired) electrons. The van der Waals surface area contributed by atoms with Gasteiger partial charge in [-0.3, -0.25) is 0 Å². The predicted octanol–water partition coefficient (Wildman–Crippen LogP) is 4.63. The zero-order valence-corrected chi connectivity index (χ0v) is 16.5. The lowest BCUT2D eigenvalue weighted by molar-refractivity contribution is 0.282. The second-order valence-electron chi connectivity index (χ2n) is 7.45. The molecule has 0 unspecified atom stereocenters. The fourth-order valence-corrected chi connectivity index (χ4v) is 3.75. The number of allylic oxidation sites excluding steroid dienone is 2. The van der Waals surface area contributed by atoms with E-state index in [1.165, 1.54) is 16.7 Å². The predicted molar refractivity (Wildman–Crippen MR) is 113 cm³/mol. The number of hydrogen-bond acceptors (Lipinski definition) is 3. The Bertz CT molecular complexity index is 836. The van der Waals surface area contributed by atoms with Crippen molar-refractivity contribution in [1.82, 2.24) is 4.90 Å². The molecule has 1 atom stereocenters. The van der Waals surface area contributed by atoms with Gasteiger partial charge >= 0.3 is 0 Å². The summed E-state index contributed by atoms with van der Waals surface area (Å²) in [6.45, 7) is 1.11. The van der Waals surface area contributed by atoms with Crippen LogP contribution in [0.15, 0.2) is 60.2 Å². The topological polar surface area (TPSA) is 32.7 Å². The van der Waals surface area contributed by atoms with E-state index in [2.05, 4.69) is 61.5 Å². The first-order valence-electron chi connectivity index (χ1n) is 9.50. The fraction of sp³-hybridized carbons (Fsp3) is 0.333. The van der Waals surface area contributed by atoms with Crippen molar-refractivity contribution in [2.75, 3.05) is 27.7 Å². The maximum atomic E-state index is 9.38. The summed E-state index contributed by atoms with van der Waals surface area (Å²) >= 11 is 0. The van der Waals surface area contributed by atoms with E-state index >= 15 is 0 Å². The molecule has 0 heterocycles. The average Bonchev–Trinajstić information content (AvgIpc) is 2.69. The van der Waals surface area contributed by atoms with Gasteiger partial charge in [0.25, 0.3) is 0 Å². The second-order valence-corrected chi connectivity index (χ2v) is 7.45. The van der Waals surface area contributed by atoms with Crippen molar-refractivity contribution < 1.29 is 9.84 Å². The number of aliphatic hydroxyl groups excluding tert-OH is 1. The summed E-state index contributed by atoms with van der Waals surface area (Å²) in [5.74, 6) is 1.40. The van der Waals surface area contributed by atoms with Gasteiger partial charge in [-0.25, -0.2) is 0 Å². The van der Waals surface area contributed by atoms with E-state index in [1.54, 1.807) is 7.11 Å². The Morgan fingerprint density at radius 2 is 1.96 bits per heavy atom. The van der Waals surface area contributed by atoms with Crippen LogP contribution in [-0.4, -0.2) is 37.8 Å². The van der Waals surface area contributed by atoms with Gasteiger partial charge in [-0.05, 0) is 78.9 Å². The van der Waals surface area contributed by atoms with Crippen molar-refractivity contribution in [3.8, 4) is 5.75 Å². The summed E-state index contributed by atoms with van der Waals surface area (Å²) < 4.78 is 5.43. The number of rotatable bonds is 6. The molecule has 0 spiro atoms. The first-order chi connectivity index (χ1) is 13.1.